The van der Waals surface area contributed by atoms with E-state index in [1.54, 1.807) is 6.08 Å². The zero-order valence-corrected chi connectivity index (χ0v) is 8.58. The van der Waals surface area contributed by atoms with Gasteiger partial charge in [0.1, 0.15) is 0 Å². The molecule has 0 aromatic carbocycles. The van der Waals surface area contributed by atoms with E-state index in [0.717, 1.165) is 31.7 Å². The van der Waals surface area contributed by atoms with Crippen LogP contribution < -0.4 is 5.32 Å². The van der Waals surface area contributed by atoms with E-state index in [1.807, 2.05) is 0 Å². The van der Waals surface area contributed by atoms with Crippen molar-refractivity contribution in [3.63, 3.8) is 0 Å². The quantitative estimate of drug-likeness (QED) is 0.736. The zero-order valence-electron chi connectivity index (χ0n) is 8.58. The van der Waals surface area contributed by atoms with Gasteiger partial charge < -0.3 is 10.1 Å². The van der Waals surface area contributed by atoms with Gasteiger partial charge in [0.05, 0.1) is 6.10 Å². The van der Waals surface area contributed by atoms with E-state index in [4.69, 9.17) is 4.74 Å². The SMILES string of the molecule is CC1OCCC1CNC1=CC(=O)CC1. The minimum absolute atomic E-state index is 0.253. The fourth-order valence-corrected chi connectivity index (χ4v) is 2.04. The van der Waals surface area contributed by atoms with Crippen LogP contribution in [0.5, 0.6) is 0 Å². The van der Waals surface area contributed by atoms with E-state index in [2.05, 4.69) is 12.2 Å². The fraction of sp³-hybridized carbons (Fsp3) is 0.727. The highest BCUT2D eigenvalue weighted by atomic mass is 16.5. The first-order valence-corrected chi connectivity index (χ1v) is 5.34. The van der Waals surface area contributed by atoms with Gasteiger partial charge in [-0.05, 0) is 19.8 Å². The Morgan fingerprint density at radius 3 is 3.00 bits per heavy atom. The second-order valence-corrected chi connectivity index (χ2v) is 4.14. The van der Waals surface area contributed by atoms with Gasteiger partial charge in [0, 0.05) is 37.3 Å². The minimum atomic E-state index is 0.253. The van der Waals surface area contributed by atoms with E-state index >= 15 is 0 Å². The van der Waals surface area contributed by atoms with Crippen molar-refractivity contribution in [1.82, 2.24) is 5.32 Å². The molecule has 2 aliphatic rings. The standard InChI is InChI=1S/C11H17NO2/c1-8-9(4-5-14-8)7-12-10-2-3-11(13)6-10/h6,8-9,12H,2-5,7H2,1H3. The molecular weight excluding hydrogens is 178 g/mol. The molecule has 3 heteroatoms. The van der Waals surface area contributed by atoms with Crippen LogP contribution in [0.2, 0.25) is 0 Å². The third kappa shape index (κ3) is 2.15. The normalized spacial score (nSPS) is 32.1. The lowest BCUT2D eigenvalue weighted by Gasteiger charge is -2.15. The maximum absolute atomic E-state index is 11.0. The Kier molecular flexibility index (Phi) is 2.87. The summed E-state index contributed by atoms with van der Waals surface area (Å²) in [4.78, 5) is 11.0. The molecule has 78 valence electrons. The number of nitrogens with one attached hydrogen (secondary N) is 1. The first-order valence-electron chi connectivity index (χ1n) is 5.34. The number of hydrogen-bond donors (Lipinski definition) is 1. The lowest BCUT2D eigenvalue weighted by molar-refractivity contribution is -0.114. The molecule has 0 saturated carbocycles. The third-order valence-electron chi connectivity index (χ3n) is 3.10. The predicted molar refractivity (Wildman–Crippen MR) is 53.8 cm³/mol. The van der Waals surface area contributed by atoms with Gasteiger partial charge in [-0.15, -0.1) is 0 Å². The summed E-state index contributed by atoms with van der Waals surface area (Å²) in [5.41, 5.74) is 1.11. The predicted octanol–water partition coefficient (Wildman–Crippen LogP) is 1.25. The number of rotatable bonds is 3. The van der Waals surface area contributed by atoms with E-state index in [9.17, 15) is 4.79 Å². The molecule has 0 amide bonds. The maximum Gasteiger partial charge on any atom is 0.157 e. The number of carbonyl (C=O) groups excluding carboxylic acids is 1. The topological polar surface area (TPSA) is 38.3 Å². The minimum Gasteiger partial charge on any atom is -0.388 e. The van der Waals surface area contributed by atoms with Gasteiger partial charge in [0.15, 0.2) is 5.78 Å². The van der Waals surface area contributed by atoms with E-state index in [-0.39, 0.29) is 5.78 Å². The molecule has 2 unspecified atom stereocenters. The van der Waals surface area contributed by atoms with Crippen molar-refractivity contribution in [2.75, 3.05) is 13.2 Å². The Morgan fingerprint density at radius 2 is 2.43 bits per heavy atom. The summed E-state index contributed by atoms with van der Waals surface area (Å²) in [5, 5.41) is 3.34. The number of ether oxygens (including phenoxy) is 1. The fourth-order valence-electron chi connectivity index (χ4n) is 2.04. The monoisotopic (exact) mass is 195 g/mol. The van der Waals surface area contributed by atoms with Crippen LogP contribution in [0.4, 0.5) is 0 Å². The second-order valence-electron chi connectivity index (χ2n) is 4.14. The Hall–Kier alpha value is -0.830. The molecule has 0 spiro atoms. The maximum atomic E-state index is 11.0. The molecule has 3 nitrogen and oxygen atoms in total. The van der Waals surface area contributed by atoms with Crippen molar-refractivity contribution < 1.29 is 9.53 Å². The smallest absolute Gasteiger partial charge is 0.157 e. The molecule has 0 aromatic rings. The van der Waals surface area contributed by atoms with E-state index < -0.39 is 0 Å². The summed E-state index contributed by atoms with van der Waals surface area (Å²) in [6, 6.07) is 0. The first-order chi connectivity index (χ1) is 6.75. The van der Waals surface area contributed by atoms with Gasteiger partial charge in [-0.2, -0.15) is 0 Å². The second kappa shape index (κ2) is 4.13. The molecule has 1 aliphatic heterocycles. The molecular formula is C11H17NO2. The Labute approximate surface area is 84.5 Å². The van der Waals surface area contributed by atoms with Gasteiger partial charge in [0.25, 0.3) is 0 Å². The van der Waals surface area contributed by atoms with Crippen LogP contribution in [0.15, 0.2) is 11.8 Å². The molecule has 2 rings (SSSR count). The van der Waals surface area contributed by atoms with Crippen LogP contribution in [-0.4, -0.2) is 25.0 Å². The average molecular weight is 195 g/mol. The molecule has 1 aliphatic carbocycles. The van der Waals surface area contributed by atoms with Crippen LogP contribution >= 0.6 is 0 Å². The molecule has 14 heavy (non-hydrogen) atoms. The van der Waals surface area contributed by atoms with Crippen molar-refractivity contribution >= 4 is 5.78 Å². The molecule has 0 aromatic heterocycles. The summed E-state index contributed by atoms with van der Waals surface area (Å²) >= 11 is 0. The summed E-state index contributed by atoms with van der Waals surface area (Å²) < 4.78 is 5.48. The summed E-state index contributed by atoms with van der Waals surface area (Å²) in [5.74, 6) is 0.856. The van der Waals surface area contributed by atoms with Crippen molar-refractivity contribution in [1.29, 1.82) is 0 Å². The highest BCUT2D eigenvalue weighted by molar-refractivity contribution is 5.92. The molecule has 2 atom stereocenters. The molecule has 1 N–H and O–H groups in total. The molecule has 0 bridgehead atoms. The molecule has 0 radical (unpaired) electrons. The molecule has 1 fully saturated rings. The lowest BCUT2D eigenvalue weighted by Crippen LogP contribution is -2.26. The van der Waals surface area contributed by atoms with Gasteiger partial charge >= 0.3 is 0 Å². The van der Waals surface area contributed by atoms with Gasteiger partial charge in [-0.1, -0.05) is 0 Å². The van der Waals surface area contributed by atoms with Crippen molar-refractivity contribution in [3.05, 3.63) is 11.8 Å². The van der Waals surface area contributed by atoms with Crippen LogP contribution in [0.25, 0.3) is 0 Å². The first kappa shape index (κ1) is 9.71. The van der Waals surface area contributed by atoms with Gasteiger partial charge in [-0.3, -0.25) is 4.79 Å². The molecule has 1 heterocycles. The van der Waals surface area contributed by atoms with Crippen molar-refractivity contribution in [2.24, 2.45) is 5.92 Å². The van der Waals surface area contributed by atoms with E-state index in [1.165, 1.54) is 0 Å². The molecule has 1 saturated heterocycles. The van der Waals surface area contributed by atoms with Crippen LogP contribution in [-0.2, 0) is 9.53 Å². The highest BCUT2D eigenvalue weighted by Gasteiger charge is 2.24. The van der Waals surface area contributed by atoms with E-state index in [0.29, 0.717) is 18.4 Å². The number of hydrogen-bond acceptors (Lipinski definition) is 3. The van der Waals surface area contributed by atoms with Gasteiger partial charge in [0.2, 0.25) is 0 Å². The van der Waals surface area contributed by atoms with Gasteiger partial charge in [-0.25, -0.2) is 0 Å². The Bertz CT molecular complexity index is 260. The highest BCUT2D eigenvalue weighted by Crippen LogP contribution is 2.20. The Balaban J connectivity index is 1.77. The third-order valence-corrected chi connectivity index (χ3v) is 3.10. The van der Waals surface area contributed by atoms with Crippen LogP contribution in [0, 0.1) is 5.92 Å². The van der Waals surface area contributed by atoms with Crippen LogP contribution in [0.3, 0.4) is 0 Å². The number of ketones is 1. The summed E-state index contributed by atoms with van der Waals surface area (Å²) in [7, 11) is 0. The zero-order chi connectivity index (χ0) is 9.97. The lowest BCUT2D eigenvalue weighted by atomic mass is 10.0. The van der Waals surface area contributed by atoms with Crippen LogP contribution in [0.1, 0.15) is 26.2 Å². The van der Waals surface area contributed by atoms with Crippen molar-refractivity contribution in [3.8, 4) is 0 Å². The largest absolute Gasteiger partial charge is 0.388 e. The average Bonchev–Trinajstić information content (AvgIpc) is 2.72. The van der Waals surface area contributed by atoms with Crippen molar-refractivity contribution in [2.45, 2.75) is 32.3 Å². The number of allylic oxidation sites excluding steroid dienone is 2. The summed E-state index contributed by atoms with van der Waals surface area (Å²) in [6.07, 6.45) is 4.80. The summed E-state index contributed by atoms with van der Waals surface area (Å²) in [6.45, 7) is 3.94. The number of carbonyl (C=O) groups is 1. The Morgan fingerprint density at radius 1 is 1.57 bits per heavy atom.